The quantitative estimate of drug-likeness (QED) is 0.0734. The number of carbonyl (C=O) groups is 3. The molecule has 0 aromatic heterocycles. The van der Waals surface area contributed by atoms with Crippen LogP contribution in [0.2, 0.25) is 0 Å². The van der Waals surface area contributed by atoms with Gasteiger partial charge < -0.3 is 24.4 Å². The molecule has 12 nitrogen and oxygen atoms in total. The molecule has 0 aliphatic carbocycles. The topological polar surface area (TPSA) is 189 Å². The minimum absolute atomic E-state index is 0.0296. The van der Waals surface area contributed by atoms with Gasteiger partial charge in [-0.15, -0.1) is 0 Å². The zero-order chi connectivity index (χ0) is 23.1. The lowest BCUT2D eigenvalue weighted by Crippen LogP contribution is -2.78. The van der Waals surface area contributed by atoms with Gasteiger partial charge in [0.2, 0.25) is 0 Å². The third-order valence-electron chi connectivity index (χ3n) is 3.79. The van der Waals surface area contributed by atoms with Crippen LogP contribution in [0.1, 0.15) is 33.1 Å². The number of hydrogen-bond acceptors (Lipinski definition) is 9. The molecule has 0 amide bonds. The van der Waals surface area contributed by atoms with Gasteiger partial charge in [0, 0.05) is 13.0 Å². The predicted molar refractivity (Wildman–Crippen MR) is 106 cm³/mol. The standard InChI is InChI=1S/C18H34N4O8/c1-4-28-17(27)14(7-8-21-18(19)20)22(3)9-13(24)11-30-16(26)6-5-15(25)29-10-12(2)23/h12-14,23-24H,4-11H2,1-3H3,(H4,19,20,21)/p+1. The van der Waals surface area contributed by atoms with E-state index in [1.807, 2.05) is 0 Å². The van der Waals surface area contributed by atoms with E-state index in [9.17, 15) is 19.5 Å². The van der Waals surface area contributed by atoms with Gasteiger partial charge in [-0.05, 0) is 20.9 Å². The van der Waals surface area contributed by atoms with Crippen LogP contribution in [0, 0.1) is 0 Å². The molecular weight excluding hydrogens is 400 g/mol. The highest BCUT2D eigenvalue weighted by molar-refractivity contribution is 5.77. The first-order chi connectivity index (χ1) is 14.1. The van der Waals surface area contributed by atoms with Crippen molar-refractivity contribution in [2.45, 2.75) is 51.4 Å². The Kier molecular flexibility index (Phi) is 14.2. The van der Waals surface area contributed by atoms with Crippen molar-refractivity contribution >= 4 is 23.9 Å². The highest BCUT2D eigenvalue weighted by atomic mass is 16.6. The van der Waals surface area contributed by atoms with E-state index in [1.165, 1.54) is 6.92 Å². The molecule has 12 heteroatoms. The Morgan fingerprint density at radius 1 is 1.03 bits per heavy atom. The molecule has 0 bridgehead atoms. The van der Waals surface area contributed by atoms with E-state index >= 15 is 0 Å². The Bertz CT molecular complexity index is 566. The van der Waals surface area contributed by atoms with Gasteiger partial charge in [-0.3, -0.25) is 35.7 Å². The molecule has 0 aromatic rings. The molecule has 3 atom stereocenters. The molecule has 0 aromatic carbocycles. The number of nitrogens with two attached hydrogens (primary N) is 2. The van der Waals surface area contributed by atoms with E-state index in [0.717, 1.165) is 0 Å². The largest absolute Gasteiger partial charge is 0.465 e. The predicted octanol–water partition coefficient (Wildman–Crippen LogP) is -3.80. The number of nitrogens with zero attached hydrogens (tertiary/aromatic N) is 1. The summed E-state index contributed by atoms with van der Waals surface area (Å²) in [5, 5.41) is 19.1. The zero-order valence-electron chi connectivity index (χ0n) is 17.8. The molecule has 0 saturated carbocycles. The van der Waals surface area contributed by atoms with Crippen molar-refractivity contribution in [3.05, 3.63) is 0 Å². The molecule has 0 fully saturated rings. The fourth-order valence-electron chi connectivity index (χ4n) is 2.37. The number of likely N-dealkylation sites (N-methyl/N-ethyl adjacent to an activating group) is 1. The molecule has 0 aliphatic heterocycles. The number of hydrogen-bond donors (Lipinski definition) is 5. The lowest BCUT2D eigenvalue weighted by atomic mass is 10.1. The van der Waals surface area contributed by atoms with Crippen molar-refractivity contribution in [1.29, 1.82) is 0 Å². The average Bonchev–Trinajstić information content (AvgIpc) is 2.66. The lowest BCUT2D eigenvalue weighted by Gasteiger charge is -2.27. The van der Waals surface area contributed by atoms with Gasteiger partial charge in [-0.1, -0.05) is 0 Å². The molecule has 0 rings (SSSR count). The number of aliphatic hydroxyl groups is 2. The van der Waals surface area contributed by atoms with Gasteiger partial charge in [0.15, 0.2) is 0 Å². The molecule has 0 aliphatic rings. The van der Waals surface area contributed by atoms with Crippen LogP contribution in [0.3, 0.4) is 0 Å². The van der Waals surface area contributed by atoms with E-state index in [0.29, 0.717) is 13.0 Å². The summed E-state index contributed by atoms with van der Waals surface area (Å²) in [5.74, 6) is -1.74. The molecule has 0 heterocycles. The normalized spacial score (nSPS) is 13.8. The van der Waals surface area contributed by atoms with Crippen molar-refractivity contribution in [3.8, 4) is 0 Å². The molecule has 7 N–H and O–H groups in total. The van der Waals surface area contributed by atoms with Gasteiger partial charge in [-0.2, -0.15) is 0 Å². The minimum atomic E-state index is -1.06. The third kappa shape index (κ3) is 13.7. The highest BCUT2D eigenvalue weighted by Crippen LogP contribution is 2.06. The summed E-state index contributed by atoms with van der Waals surface area (Å²) in [5.41, 5.74) is 10.7. The smallest absolute Gasteiger partial charge is 0.338 e. The van der Waals surface area contributed by atoms with E-state index in [2.05, 4.69) is 4.99 Å². The van der Waals surface area contributed by atoms with Gasteiger partial charge in [0.25, 0.3) is 0 Å². The van der Waals surface area contributed by atoms with Crippen LogP contribution in [0.25, 0.3) is 0 Å². The summed E-state index contributed by atoms with van der Waals surface area (Å²) >= 11 is 0. The first-order valence-electron chi connectivity index (χ1n) is 9.72. The SMILES string of the molecule is CCOC(=O)C(CC[NH+]=C(N)N)N(C)CC(O)COC(=O)CCC(=O)OCC(C)O. The van der Waals surface area contributed by atoms with Gasteiger partial charge >= 0.3 is 23.9 Å². The molecule has 30 heavy (non-hydrogen) atoms. The minimum Gasteiger partial charge on any atom is -0.465 e. The molecule has 0 saturated heterocycles. The van der Waals surface area contributed by atoms with Crippen molar-refractivity contribution in [2.24, 2.45) is 11.5 Å². The highest BCUT2D eigenvalue weighted by Gasteiger charge is 2.26. The summed E-state index contributed by atoms with van der Waals surface area (Å²) in [4.78, 5) is 39.5. The fourth-order valence-corrected chi connectivity index (χ4v) is 2.37. The summed E-state index contributed by atoms with van der Waals surface area (Å²) in [6.07, 6.45) is -1.92. The second-order valence-electron chi connectivity index (χ2n) is 6.75. The van der Waals surface area contributed by atoms with Crippen LogP contribution in [0.4, 0.5) is 0 Å². The Morgan fingerprint density at radius 3 is 2.10 bits per heavy atom. The van der Waals surface area contributed by atoms with E-state index in [1.54, 1.807) is 18.9 Å². The first-order valence-corrected chi connectivity index (χ1v) is 9.72. The monoisotopic (exact) mass is 435 g/mol. The number of guanidine groups is 1. The van der Waals surface area contributed by atoms with Gasteiger partial charge in [0.1, 0.15) is 25.4 Å². The lowest BCUT2D eigenvalue weighted by molar-refractivity contribution is -0.460. The summed E-state index contributed by atoms with van der Waals surface area (Å²) < 4.78 is 14.7. The summed E-state index contributed by atoms with van der Waals surface area (Å²) in [7, 11) is 1.63. The second-order valence-corrected chi connectivity index (χ2v) is 6.75. The Morgan fingerprint density at radius 2 is 1.60 bits per heavy atom. The Hall–Kier alpha value is -2.44. The van der Waals surface area contributed by atoms with E-state index in [4.69, 9.17) is 30.8 Å². The van der Waals surface area contributed by atoms with E-state index in [-0.39, 0.29) is 45.2 Å². The number of nitrogens with one attached hydrogen (secondary N) is 1. The van der Waals surface area contributed by atoms with Crippen molar-refractivity contribution in [1.82, 2.24) is 4.90 Å². The Labute approximate surface area is 176 Å². The maximum atomic E-state index is 12.2. The van der Waals surface area contributed by atoms with Crippen molar-refractivity contribution < 1.29 is 43.8 Å². The molecule has 0 spiro atoms. The first kappa shape index (κ1) is 27.6. The number of rotatable bonds is 15. The summed E-state index contributed by atoms with van der Waals surface area (Å²) in [6.45, 7) is 3.28. The van der Waals surface area contributed by atoms with Crippen molar-refractivity contribution in [3.63, 3.8) is 0 Å². The van der Waals surface area contributed by atoms with Crippen molar-refractivity contribution in [2.75, 3.05) is 40.0 Å². The van der Waals surface area contributed by atoms with Gasteiger partial charge in [-0.25, -0.2) is 0 Å². The molecule has 174 valence electrons. The maximum Gasteiger partial charge on any atom is 0.338 e. The van der Waals surface area contributed by atoms with Crippen LogP contribution < -0.4 is 16.5 Å². The van der Waals surface area contributed by atoms with Crippen LogP contribution in [0.15, 0.2) is 0 Å². The van der Waals surface area contributed by atoms with Crippen LogP contribution in [0.5, 0.6) is 0 Å². The fraction of sp³-hybridized carbons (Fsp3) is 0.778. The third-order valence-corrected chi connectivity index (χ3v) is 3.79. The van der Waals surface area contributed by atoms with Crippen LogP contribution >= 0.6 is 0 Å². The number of esters is 3. The molecule has 3 unspecified atom stereocenters. The van der Waals surface area contributed by atoms with Crippen LogP contribution in [-0.4, -0.2) is 97.2 Å². The number of aliphatic hydroxyl groups excluding tert-OH is 2. The Balaban J connectivity index is 4.43. The average molecular weight is 435 g/mol. The molecular formula is C18H35N4O8+. The maximum absolute atomic E-state index is 12.2. The number of carbonyl (C=O) groups excluding carboxylic acids is 3. The zero-order valence-corrected chi connectivity index (χ0v) is 17.8. The van der Waals surface area contributed by atoms with Gasteiger partial charge in [0.05, 0.1) is 32.1 Å². The van der Waals surface area contributed by atoms with E-state index < -0.39 is 36.2 Å². The summed E-state index contributed by atoms with van der Waals surface area (Å²) in [6, 6.07) is -0.661. The van der Waals surface area contributed by atoms with Crippen LogP contribution in [-0.2, 0) is 28.6 Å². The number of ether oxygens (including phenoxy) is 3. The second kappa shape index (κ2) is 15.4. The molecule has 0 radical (unpaired) electrons.